The minimum absolute atomic E-state index is 0.272. The molecule has 18 heavy (non-hydrogen) atoms. The van der Waals surface area contributed by atoms with Gasteiger partial charge in [-0.25, -0.2) is 0 Å². The van der Waals surface area contributed by atoms with Gasteiger partial charge >= 0.3 is 6.36 Å². The highest BCUT2D eigenvalue weighted by atomic mass is 79.9. The monoisotopic (exact) mass is 317 g/mol. The Morgan fingerprint density at radius 1 is 1.11 bits per heavy atom. The zero-order valence-electron chi connectivity index (χ0n) is 8.91. The maximum absolute atomic E-state index is 12.1. The topological polar surface area (TPSA) is 22.1 Å². The van der Waals surface area contributed by atoms with Gasteiger partial charge < -0.3 is 4.74 Å². The van der Waals surface area contributed by atoms with E-state index in [9.17, 15) is 13.2 Å². The van der Waals surface area contributed by atoms with Crippen LogP contribution in [0.4, 0.5) is 13.2 Å². The first kappa shape index (κ1) is 12.9. The largest absolute Gasteiger partial charge is 0.573 e. The fourth-order valence-electron chi connectivity index (χ4n) is 1.42. The van der Waals surface area contributed by atoms with Crippen molar-refractivity contribution in [3.05, 3.63) is 47.1 Å². The number of alkyl halides is 3. The van der Waals surface area contributed by atoms with Gasteiger partial charge in [0, 0.05) is 16.2 Å². The number of ether oxygens (including phenoxy) is 1. The molecule has 0 unspecified atom stereocenters. The summed E-state index contributed by atoms with van der Waals surface area (Å²) in [5.41, 5.74) is 1.11. The molecule has 0 N–H and O–H groups in total. The van der Waals surface area contributed by atoms with Gasteiger partial charge in [0.25, 0.3) is 0 Å². The highest BCUT2D eigenvalue weighted by Gasteiger charge is 2.31. The first-order valence-electron chi connectivity index (χ1n) is 4.92. The van der Waals surface area contributed by atoms with E-state index in [1.165, 1.54) is 18.2 Å². The summed E-state index contributed by atoms with van der Waals surface area (Å²) in [6, 6.07) is 9.21. The van der Waals surface area contributed by atoms with E-state index in [0.717, 1.165) is 0 Å². The number of nitrogens with zero attached hydrogens (tertiary/aromatic N) is 1. The molecular weight excluding hydrogens is 311 g/mol. The Hall–Kier alpha value is -1.56. The zero-order valence-corrected chi connectivity index (χ0v) is 10.5. The zero-order chi connectivity index (χ0) is 13.2. The molecule has 0 aliphatic carbocycles. The van der Waals surface area contributed by atoms with Gasteiger partial charge in [0.2, 0.25) is 0 Å². The van der Waals surface area contributed by atoms with E-state index in [2.05, 4.69) is 25.7 Å². The predicted octanol–water partition coefficient (Wildman–Crippen LogP) is 4.41. The van der Waals surface area contributed by atoms with Crippen LogP contribution in [0.1, 0.15) is 0 Å². The molecule has 2 rings (SSSR count). The lowest BCUT2D eigenvalue weighted by Gasteiger charge is -2.11. The standard InChI is InChI=1S/C12H7BrF3NO/c13-10-5-4-8(18-12(14,15)16)7-9(10)11-3-1-2-6-17-11/h1-7H. The SMILES string of the molecule is FC(F)(F)Oc1ccc(Br)c(-c2ccccn2)c1. The Labute approximate surface area is 110 Å². The number of benzene rings is 1. The molecule has 0 saturated heterocycles. The lowest BCUT2D eigenvalue weighted by molar-refractivity contribution is -0.274. The Balaban J connectivity index is 2.39. The smallest absolute Gasteiger partial charge is 0.406 e. The molecule has 0 atom stereocenters. The number of halogens is 4. The van der Waals surface area contributed by atoms with Crippen LogP contribution in [-0.4, -0.2) is 11.3 Å². The van der Waals surface area contributed by atoms with Crippen molar-refractivity contribution in [1.82, 2.24) is 4.98 Å². The maximum Gasteiger partial charge on any atom is 0.573 e. The molecule has 0 aliphatic heterocycles. The first-order valence-corrected chi connectivity index (χ1v) is 5.72. The van der Waals surface area contributed by atoms with Crippen molar-refractivity contribution >= 4 is 15.9 Å². The number of hydrogen-bond acceptors (Lipinski definition) is 2. The lowest BCUT2D eigenvalue weighted by atomic mass is 10.1. The summed E-state index contributed by atoms with van der Waals surface area (Å²) >= 11 is 3.27. The molecule has 0 saturated carbocycles. The van der Waals surface area contributed by atoms with Crippen LogP contribution in [0.3, 0.4) is 0 Å². The molecule has 0 radical (unpaired) electrons. The van der Waals surface area contributed by atoms with Crippen molar-refractivity contribution in [1.29, 1.82) is 0 Å². The second-order valence-corrected chi connectivity index (χ2v) is 4.26. The van der Waals surface area contributed by atoms with Gasteiger partial charge in [0.15, 0.2) is 0 Å². The summed E-state index contributed by atoms with van der Waals surface area (Å²) in [5, 5.41) is 0. The minimum Gasteiger partial charge on any atom is -0.406 e. The predicted molar refractivity (Wildman–Crippen MR) is 64.1 cm³/mol. The van der Waals surface area contributed by atoms with Crippen LogP contribution in [-0.2, 0) is 0 Å². The summed E-state index contributed by atoms with van der Waals surface area (Å²) in [6.45, 7) is 0. The fraction of sp³-hybridized carbons (Fsp3) is 0.0833. The second-order valence-electron chi connectivity index (χ2n) is 3.40. The Morgan fingerprint density at radius 3 is 2.50 bits per heavy atom. The van der Waals surface area contributed by atoms with E-state index < -0.39 is 6.36 Å². The summed E-state index contributed by atoms with van der Waals surface area (Å²) < 4.78 is 40.9. The van der Waals surface area contributed by atoms with E-state index in [-0.39, 0.29) is 5.75 Å². The Morgan fingerprint density at radius 2 is 1.89 bits per heavy atom. The third kappa shape index (κ3) is 3.22. The van der Waals surface area contributed by atoms with E-state index in [4.69, 9.17) is 0 Å². The maximum atomic E-state index is 12.1. The number of pyridine rings is 1. The average Bonchev–Trinajstić information content (AvgIpc) is 2.31. The molecule has 0 spiro atoms. The molecule has 1 aromatic carbocycles. The molecule has 0 amide bonds. The molecule has 1 heterocycles. The second kappa shape index (κ2) is 4.97. The number of aromatic nitrogens is 1. The van der Waals surface area contributed by atoms with E-state index >= 15 is 0 Å². The summed E-state index contributed by atoms with van der Waals surface area (Å²) in [7, 11) is 0. The fourth-order valence-corrected chi connectivity index (χ4v) is 1.87. The Kier molecular flexibility index (Phi) is 3.56. The number of rotatable bonds is 2. The van der Waals surface area contributed by atoms with Crippen molar-refractivity contribution in [3.8, 4) is 17.0 Å². The van der Waals surface area contributed by atoms with Crippen LogP contribution >= 0.6 is 15.9 Å². The molecule has 2 nitrogen and oxygen atoms in total. The summed E-state index contributed by atoms with van der Waals surface area (Å²) in [6.07, 6.45) is -3.13. The van der Waals surface area contributed by atoms with Crippen LogP contribution < -0.4 is 4.74 Å². The van der Waals surface area contributed by atoms with Crippen LogP contribution in [0, 0.1) is 0 Å². The molecule has 1 aromatic heterocycles. The van der Waals surface area contributed by atoms with Crippen molar-refractivity contribution in [3.63, 3.8) is 0 Å². The molecule has 0 fully saturated rings. The lowest BCUT2D eigenvalue weighted by Crippen LogP contribution is -2.17. The first-order chi connectivity index (χ1) is 8.46. The minimum atomic E-state index is -4.70. The van der Waals surface area contributed by atoms with E-state index in [1.54, 1.807) is 24.4 Å². The van der Waals surface area contributed by atoms with Crippen LogP contribution in [0.25, 0.3) is 11.3 Å². The van der Waals surface area contributed by atoms with E-state index in [0.29, 0.717) is 15.7 Å². The highest BCUT2D eigenvalue weighted by Crippen LogP contribution is 2.32. The summed E-state index contributed by atoms with van der Waals surface area (Å²) in [4.78, 5) is 4.08. The molecular formula is C12H7BrF3NO. The third-order valence-electron chi connectivity index (χ3n) is 2.11. The van der Waals surface area contributed by atoms with Crippen LogP contribution in [0.5, 0.6) is 5.75 Å². The van der Waals surface area contributed by atoms with Crippen molar-refractivity contribution in [2.45, 2.75) is 6.36 Å². The molecule has 6 heteroatoms. The third-order valence-corrected chi connectivity index (χ3v) is 2.80. The van der Waals surface area contributed by atoms with Gasteiger partial charge in [0.05, 0.1) is 5.69 Å². The van der Waals surface area contributed by atoms with Gasteiger partial charge in [-0.3, -0.25) is 4.98 Å². The van der Waals surface area contributed by atoms with Crippen LogP contribution in [0.2, 0.25) is 0 Å². The van der Waals surface area contributed by atoms with Crippen molar-refractivity contribution in [2.75, 3.05) is 0 Å². The van der Waals surface area contributed by atoms with Gasteiger partial charge in [-0.05, 0) is 30.3 Å². The molecule has 0 aliphatic rings. The van der Waals surface area contributed by atoms with Crippen LogP contribution in [0.15, 0.2) is 47.1 Å². The van der Waals surface area contributed by atoms with Gasteiger partial charge in [0.1, 0.15) is 5.75 Å². The van der Waals surface area contributed by atoms with E-state index in [1.807, 2.05) is 0 Å². The molecule has 0 bridgehead atoms. The van der Waals surface area contributed by atoms with Crippen molar-refractivity contribution in [2.24, 2.45) is 0 Å². The van der Waals surface area contributed by atoms with Gasteiger partial charge in [-0.15, -0.1) is 13.2 Å². The highest BCUT2D eigenvalue weighted by molar-refractivity contribution is 9.10. The normalized spacial score (nSPS) is 11.3. The number of hydrogen-bond donors (Lipinski definition) is 0. The van der Waals surface area contributed by atoms with Crippen molar-refractivity contribution < 1.29 is 17.9 Å². The summed E-state index contributed by atoms with van der Waals surface area (Å²) in [5.74, 6) is -0.272. The quantitative estimate of drug-likeness (QED) is 0.818. The van der Waals surface area contributed by atoms with Gasteiger partial charge in [-0.2, -0.15) is 0 Å². The Bertz CT molecular complexity index is 543. The molecule has 94 valence electrons. The van der Waals surface area contributed by atoms with Gasteiger partial charge in [-0.1, -0.05) is 22.0 Å². The molecule has 2 aromatic rings. The average molecular weight is 318 g/mol.